The minimum atomic E-state index is -0.282. The molecule has 0 aliphatic rings. The first-order valence-electron chi connectivity index (χ1n) is 7.94. The molecule has 5 heteroatoms. The average Bonchev–Trinajstić information content (AvgIpc) is 3.07. The summed E-state index contributed by atoms with van der Waals surface area (Å²) in [6, 6.07) is 11.2. The summed E-state index contributed by atoms with van der Waals surface area (Å²) >= 11 is 1.51. The lowest BCUT2D eigenvalue weighted by Gasteiger charge is -2.15. The number of carbonyl (C=O) groups is 2. The molecule has 0 spiro atoms. The molecule has 2 aromatic rings. The Morgan fingerprint density at radius 3 is 2.58 bits per heavy atom. The summed E-state index contributed by atoms with van der Waals surface area (Å²) in [6.07, 6.45) is 2.53. The molecule has 1 unspecified atom stereocenters. The Hall–Kier alpha value is -2.40. The largest absolute Gasteiger partial charge is 0.348 e. The summed E-state index contributed by atoms with van der Waals surface area (Å²) < 4.78 is 0. The first-order valence-corrected chi connectivity index (χ1v) is 8.82. The van der Waals surface area contributed by atoms with Gasteiger partial charge >= 0.3 is 0 Å². The predicted molar refractivity (Wildman–Crippen MR) is 98.8 cm³/mol. The van der Waals surface area contributed by atoms with Gasteiger partial charge in [0.05, 0.1) is 0 Å². The van der Waals surface area contributed by atoms with Crippen molar-refractivity contribution in [3.05, 3.63) is 63.5 Å². The van der Waals surface area contributed by atoms with Crippen LogP contribution in [0.5, 0.6) is 0 Å². The lowest BCUT2D eigenvalue weighted by Crippen LogP contribution is -2.39. The molecule has 24 heavy (non-hydrogen) atoms. The highest BCUT2D eigenvalue weighted by molar-refractivity contribution is 7.10. The number of rotatable bonds is 6. The van der Waals surface area contributed by atoms with E-state index in [4.69, 9.17) is 0 Å². The van der Waals surface area contributed by atoms with Crippen molar-refractivity contribution in [3.63, 3.8) is 0 Å². The Labute approximate surface area is 146 Å². The summed E-state index contributed by atoms with van der Waals surface area (Å²) in [5.41, 5.74) is 1.68. The van der Waals surface area contributed by atoms with Crippen LogP contribution in [-0.2, 0) is 4.79 Å². The van der Waals surface area contributed by atoms with Gasteiger partial charge in [0.15, 0.2) is 0 Å². The topological polar surface area (TPSA) is 58.2 Å². The van der Waals surface area contributed by atoms with E-state index in [1.165, 1.54) is 11.3 Å². The molecule has 0 saturated heterocycles. The molecule has 4 nitrogen and oxygen atoms in total. The Kier molecular flexibility index (Phi) is 6.32. The molecule has 1 aromatic carbocycles. The van der Waals surface area contributed by atoms with Gasteiger partial charge in [-0.1, -0.05) is 31.2 Å². The van der Waals surface area contributed by atoms with Crippen LogP contribution in [0.15, 0.2) is 47.5 Å². The van der Waals surface area contributed by atoms with Gasteiger partial charge in [0.1, 0.15) is 5.70 Å². The first-order chi connectivity index (χ1) is 11.5. The fourth-order valence-electron chi connectivity index (χ4n) is 2.09. The van der Waals surface area contributed by atoms with E-state index in [-0.39, 0.29) is 23.6 Å². The minimum Gasteiger partial charge on any atom is -0.348 e. The second-order valence-corrected chi connectivity index (χ2v) is 6.60. The second-order valence-electron chi connectivity index (χ2n) is 5.63. The Balaban J connectivity index is 2.24. The summed E-state index contributed by atoms with van der Waals surface area (Å²) in [4.78, 5) is 25.9. The quantitative estimate of drug-likeness (QED) is 0.786. The lowest BCUT2D eigenvalue weighted by atomic mass is 10.1. The SMILES string of the molecule is CCC(C)NC(=O)/C(=C/c1cccs1)NC(=O)c1ccccc1C. The van der Waals surface area contributed by atoms with Crippen LogP contribution in [0, 0.1) is 6.92 Å². The monoisotopic (exact) mass is 342 g/mol. The summed E-state index contributed by atoms with van der Waals surface area (Å²) in [6.45, 7) is 5.81. The fourth-order valence-corrected chi connectivity index (χ4v) is 2.75. The van der Waals surface area contributed by atoms with E-state index in [0.29, 0.717) is 5.56 Å². The highest BCUT2D eigenvalue weighted by atomic mass is 32.1. The average molecular weight is 342 g/mol. The van der Waals surface area contributed by atoms with E-state index in [2.05, 4.69) is 10.6 Å². The van der Waals surface area contributed by atoms with Gasteiger partial charge < -0.3 is 10.6 Å². The second kappa shape index (κ2) is 8.45. The fraction of sp³-hybridized carbons (Fsp3) is 0.263. The molecule has 1 atom stereocenters. The van der Waals surface area contributed by atoms with Crippen molar-refractivity contribution < 1.29 is 9.59 Å². The number of amides is 2. The van der Waals surface area contributed by atoms with E-state index in [1.807, 2.05) is 56.5 Å². The minimum absolute atomic E-state index is 0.0413. The number of nitrogens with one attached hydrogen (secondary N) is 2. The van der Waals surface area contributed by atoms with Gasteiger partial charge in [-0.05, 0) is 49.4 Å². The number of thiophene rings is 1. The molecule has 0 saturated carbocycles. The zero-order valence-electron chi connectivity index (χ0n) is 14.1. The molecule has 0 aliphatic carbocycles. The molecule has 2 amide bonds. The van der Waals surface area contributed by atoms with Gasteiger partial charge in [0.2, 0.25) is 0 Å². The van der Waals surface area contributed by atoms with E-state index in [9.17, 15) is 9.59 Å². The lowest BCUT2D eigenvalue weighted by molar-refractivity contribution is -0.118. The van der Waals surface area contributed by atoms with Crippen LogP contribution in [0.3, 0.4) is 0 Å². The Morgan fingerprint density at radius 2 is 1.96 bits per heavy atom. The van der Waals surface area contributed by atoms with E-state index >= 15 is 0 Å². The Morgan fingerprint density at radius 1 is 1.21 bits per heavy atom. The predicted octanol–water partition coefficient (Wildman–Crippen LogP) is 3.74. The Bertz CT molecular complexity index is 736. The maximum absolute atomic E-state index is 12.5. The van der Waals surface area contributed by atoms with Crippen LogP contribution in [-0.4, -0.2) is 17.9 Å². The molecule has 0 bridgehead atoms. The third kappa shape index (κ3) is 4.80. The highest BCUT2D eigenvalue weighted by Crippen LogP contribution is 2.14. The molecular formula is C19H22N2O2S. The molecule has 1 heterocycles. The molecule has 126 valence electrons. The number of benzene rings is 1. The van der Waals surface area contributed by atoms with Crippen molar-refractivity contribution in [2.75, 3.05) is 0 Å². The molecular weight excluding hydrogens is 320 g/mol. The zero-order valence-corrected chi connectivity index (χ0v) is 14.9. The molecule has 1 aromatic heterocycles. The van der Waals surface area contributed by atoms with Crippen LogP contribution in [0.1, 0.15) is 41.1 Å². The van der Waals surface area contributed by atoms with Gasteiger partial charge in [-0.15, -0.1) is 11.3 Å². The van der Waals surface area contributed by atoms with Crippen LogP contribution >= 0.6 is 11.3 Å². The number of hydrogen-bond donors (Lipinski definition) is 2. The van der Waals surface area contributed by atoms with Crippen molar-refractivity contribution in [1.29, 1.82) is 0 Å². The van der Waals surface area contributed by atoms with Crippen molar-refractivity contribution in [3.8, 4) is 0 Å². The van der Waals surface area contributed by atoms with Gasteiger partial charge in [-0.3, -0.25) is 9.59 Å². The van der Waals surface area contributed by atoms with Crippen LogP contribution in [0.2, 0.25) is 0 Å². The van der Waals surface area contributed by atoms with Crippen molar-refractivity contribution in [2.24, 2.45) is 0 Å². The standard InChI is InChI=1S/C19H22N2O2S/c1-4-14(3)20-19(23)17(12-15-9-7-11-24-15)21-18(22)16-10-6-5-8-13(16)2/h5-12,14H,4H2,1-3H3,(H,20,23)(H,21,22)/b17-12-. The van der Waals surface area contributed by atoms with Gasteiger partial charge in [0.25, 0.3) is 11.8 Å². The summed E-state index contributed by atoms with van der Waals surface area (Å²) in [7, 11) is 0. The summed E-state index contributed by atoms with van der Waals surface area (Å²) in [5.74, 6) is -0.560. The maximum Gasteiger partial charge on any atom is 0.268 e. The third-order valence-corrected chi connectivity index (χ3v) is 4.52. The molecule has 0 aliphatic heterocycles. The van der Waals surface area contributed by atoms with E-state index in [1.54, 1.807) is 12.1 Å². The normalized spacial score (nSPS) is 12.5. The smallest absolute Gasteiger partial charge is 0.268 e. The zero-order chi connectivity index (χ0) is 17.5. The number of hydrogen-bond acceptors (Lipinski definition) is 3. The summed E-state index contributed by atoms with van der Waals surface area (Å²) in [5, 5.41) is 7.58. The van der Waals surface area contributed by atoms with Gasteiger partial charge in [-0.2, -0.15) is 0 Å². The van der Waals surface area contributed by atoms with Crippen molar-refractivity contribution >= 4 is 29.2 Å². The van der Waals surface area contributed by atoms with Crippen LogP contribution < -0.4 is 10.6 Å². The van der Waals surface area contributed by atoms with Crippen molar-refractivity contribution in [1.82, 2.24) is 10.6 Å². The number of aryl methyl sites for hydroxylation is 1. The van der Waals surface area contributed by atoms with E-state index in [0.717, 1.165) is 16.9 Å². The molecule has 2 rings (SSSR count). The highest BCUT2D eigenvalue weighted by Gasteiger charge is 2.17. The first kappa shape index (κ1) is 17.9. The number of carbonyl (C=O) groups excluding carboxylic acids is 2. The van der Waals surface area contributed by atoms with Crippen LogP contribution in [0.4, 0.5) is 0 Å². The van der Waals surface area contributed by atoms with Crippen molar-refractivity contribution in [2.45, 2.75) is 33.2 Å². The molecule has 2 N–H and O–H groups in total. The molecule has 0 fully saturated rings. The van der Waals surface area contributed by atoms with Gasteiger partial charge in [-0.25, -0.2) is 0 Å². The maximum atomic E-state index is 12.5. The van der Waals surface area contributed by atoms with Crippen LogP contribution in [0.25, 0.3) is 6.08 Å². The molecule has 0 radical (unpaired) electrons. The third-order valence-electron chi connectivity index (χ3n) is 3.70. The van der Waals surface area contributed by atoms with Gasteiger partial charge in [0, 0.05) is 16.5 Å². The van der Waals surface area contributed by atoms with E-state index < -0.39 is 0 Å².